The van der Waals surface area contributed by atoms with Gasteiger partial charge in [-0.25, -0.2) is 0 Å². The largest absolute Gasteiger partial charge is 0.303 e. The van der Waals surface area contributed by atoms with E-state index in [9.17, 15) is 4.79 Å². The summed E-state index contributed by atoms with van der Waals surface area (Å²) in [6, 6.07) is 0. The summed E-state index contributed by atoms with van der Waals surface area (Å²) in [6.45, 7) is 3.32. The lowest BCUT2D eigenvalue weighted by Gasteiger charge is -1.59. The van der Waals surface area contributed by atoms with E-state index in [1.807, 2.05) is 0 Å². The van der Waals surface area contributed by atoms with Gasteiger partial charge in [-0.2, -0.15) is 0 Å². The molecule has 0 atom stereocenters. The van der Waals surface area contributed by atoms with Crippen LogP contribution in [-0.2, 0) is 4.79 Å². The van der Waals surface area contributed by atoms with Crippen LogP contribution in [0.2, 0.25) is 0 Å². The Bertz CT molecular complexity index is 41.0. The lowest BCUT2D eigenvalue weighted by atomic mass is 10.5. The van der Waals surface area contributed by atoms with Crippen molar-refractivity contribution in [3.8, 4) is 0 Å². The average Bonchev–Trinajstić information content (AvgIpc) is 1.41. The summed E-state index contributed by atoms with van der Waals surface area (Å²) in [5.74, 6) is 0. The minimum Gasteiger partial charge on any atom is -0.303 e. The van der Waals surface area contributed by atoms with Crippen LogP contribution in [0.3, 0.4) is 0 Å². The summed E-state index contributed by atoms with van der Waals surface area (Å²) in [6.07, 6.45) is 2.85. The van der Waals surface area contributed by atoms with Crippen LogP contribution in [0.15, 0.2) is 12.7 Å². The van der Waals surface area contributed by atoms with Crippen LogP contribution in [0.4, 0.5) is 0 Å². The van der Waals surface area contributed by atoms with Gasteiger partial charge in [0.15, 0.2) is 0 Å². The van der Waals surface area contributed by atoms with Gasteiger partial charge in [0.1, 0.15) is 6.29 Å². The maximum absolute atomic E-state index is 9.33. The molecule has 6 heavy (non-hydrogen) atoms. The van der Waals surface area contributed by atoms with Crippen molar-refractivity contribution in [3.63, 3.8) is 0 Å². The van der Waals surface area contributed by atoms with Crippen molar-refractivity contribution in [2.24, 2.45) is 0 Å². The summed E-state index contributed by atoms with van der Waals surface area (Å²) in [5, 5.41) is 0. The molecule has 0 heterocycles. The second-order valence-electron chi connectivity index (χ2n) is 0.691. The highest BCUT2D eigenvalue weighted by molar-refractivity contribution is 5.75. The molecular weight excluding hydrogens is 74.9 g/mol. The maximum Gasteiger partial charge on any atom is 0.123 e. The fourth-order valence-corrected chi connectivity index (χ4v) is 0.0680. The molecule has 0 rings (SSSR count). The van der Waals surface area contributed by atoms with Gasteiger partial charge < -0.3 is 4.79 Å². The molecule has 2 heteroatoms. The van der Waals surface area contributed by atoms with Crippen LogP contribution in [0.1, 0.15) is 7.85 Å². The summed E-state index contributed by atoms with van der Waals surface area (Å²) >= 11 is 0. The molecule has 0 aromatic rings. The molecule has 0 aliphatic carbocycles. The molecule has 0 amide bonds. The highest BCUT2D eigenvalue weighted by atomic mass is 16.1. The van der Waals surface area contributed by atoms with Gasteiger partial charge in [0.05, 0.1) is 8.41 Å². The Labute approximate surface area is 41.1 Å². The molecular formula is C4H11BO. The van der Waals surface area contributed by atoms with Crippen LogP contribution in [0, 0.1) is 0 Å². The molecule has 0 bridgehead atoms. The van der Waals surface area contributed by atoms with E-state index in [1.54, 1.807) is 6.08 Å². The topological polar surface area (TPSA) is 17.1 Å². The van der Waals surface area contributed by atoms with Crippen LogP contribution < -0.4 is 0 Å². The maximum atomic E-state index is 9.33. The van der Waals surface area contributed by atoms with Gasteiger partial charge in [-0.1, -0.05) is 6.08 Å². The van der Waals surface area contributed by atoms with Crippen LogP contribution in [0.25, 0.3) is 0 Å². The smallest absolute Gasteiger partial charge is 0.123 e. The van der Waals surface area contributed by atoms with Crippen molar-refractivity contribution in [2.75, 3.05) is 0 Å². The predicted octanol–water partition coefficient (Wildman–Crippen LogP) is -0.177. The van der Waals surface area contributed by atoms with Gasteiger partial charge in [-0.15, -0.1) is 6.58 Å². The van der Waals surface area contributed by atoms with Gasteiger partial charge in [-0.05, 0) is 0 Å². The lowest BCUT2D eigenvalue weighted by molar-refractivity contribution is -0.107. The van der Waals surface area contributed by atoms with Crippen molar-refractivity contribution >= 4 is 14.7 Å². The van der Waals surface area contributed by atoms with Gasteiger partial charge >= 0.3 is 0 Å². The third-order valence-electron chi connectivity index (χ3n) is 0.263. The Balaban J connectivity index is -0.0000000800. The van der Waals surface area contributed by atoms with E-state index in [1.165, 1.54) is 0 Å². The number of aldehydes is 1. The zero-order valence-electron chi connectivity index (χ0n) is 2.98. The molecule has 0 saturated heterocycles. The van der Waals surface area contributed by atoms with E-state index in [2.05, 4.69) is 6.58 Å². The SMILES string of the molecule is B.C=CCC=O.[HH]. The summed E-state index contributed by atoms with van der Waals surface area (Å²) in [4.78, 5) is 9.33. The van der Waals surface area contributed by atoms with E-state index in [0.29, 0.717) is 6.42 Å². The molecule has 0 N–H and O–H groups in total. The Morgan fingerprint density at radius 2 is 2.33 bits per heavy atom. The van der Waals surface area contributed by atoms with E-state index in [-0.39, 0.29) is 9.84 Å². The lowest BCUT2D eigenvalue weighted by Crippen LogP contribution is -1.59. The molecule has 0 aromatic carbocycles. The first-order valence-electron chi connectivity index (χ1n) is 1.46. The molecule has 0 unspecified atom stereocenters. The van der Waals surface area contributed by atoms with Crippen LogP contribution >= 0.6 is 0 Å². The average molecular weight is 85.9 g/mol. The summed E-state index contributed by atoms with van der Waals surface area (Å²) in [5.41, 5.74) is 0. The first-order valence-corrected chi connectivity index (χ1v) is 1.46. The van der Waals surface area contributed by atoms with Crippen molar-refractivity contribution in [1.82, 2.24) is 0 Å². The standard InChI is InChI=1S/C4H6O.BH3.H2/c1-2-3-4-5;;/h2,4H,1,3H2;1H3;1H. The third kappa shape index (κ3) is 9.78. The zero-order valence-corrected chi connectivity index (χ0v) is 2.98. The highest BCUT2D eigenvalue weighted by Crippen LogP contribution is 1.64. The Morgan fingerprint density at radius 1 is 1.83 bits per heavy atom. The van der Waals surface area contributed by atoms with E-state index in [4.69, 9.17) is 0 Å². The summed E-state index contributed by atoms with van der Waals surface area (Å²) < 4.78 is 0. The highest BCUT2D eigenvalue weighted by Gasteiger charge is 1.59. The number of hydrogen-bond donors (Lipinski definition) is 0. The van der Waals surface area contributed by atoms with Crippen LogP contribution in [-0.4, -0.2) is 14.7 Å². The Kier molecular flexibility index (Phi) is 13.3. The fraction of sp³-hybridized carbons (Fsp3) is 0.250. The first-order chi connectivity index (χ1) is 2.41. The number of carbonyl (C=O) groups excluding carboxylic acids is 1. The first kappa shape index (κ1) is 9.08. The van der Waals surface area contributed by atoms with E-state index in [0.717, 1.165) is 6.29 Å². The Morgan fingerprint density at radius 3 is 2.33 bits per heavy atom. The van der Waals surface area contributed by atoms with Crippen molar-refractivity contribution in [2.45, 2.75) is 6.42 Å². The third-order valence-corrected chi connectivity index (χ3v) is 0.263. The fourth-order valence-electron chi connectivity index (χ4n) is 0.0680. The van der Waals surface area contributed by atoms with Gasteiger partial charge in [-0.3, -0.25) is 0 Å². The second kappa shape index (κ2) is 8.82. The molecule has 0 fully saturated rings. The van der Waals surface area contributed by atoms with Crippen LogP contribution in [0.5, 0.6) is 0 Å². The minimum atomic E-state index is 0. The van der Waals surface area contributed by atoms with Gasteiger partial charge in [0, 0.05) is 7.85 Å². The second-order valence-corrected chi connectivity index (χ2v) is 0.691. The van der Waals surface area contributed by atoms with Gasteiger partial charge in [0.2, 0.25) is 0 Å². The van der Waals surface area contributed by atoms with Crippen molar-refractivity contribution < 1.29 is 6.22 Å². The summed E-state index contributed by atoms with van der Waals surface area (Å²) in [7, 11) is 0. The molecule has 0 radical (unpaired) electrons. The molecule has 1 nitrogen and oxygen atoms in total. The Hall–Kier alpha value is -0.525. The van der Waals surface area contributed by atoms with Crippen molar-refractivity contribution in [3.05, 3.63) is 12.7 Å². The molecule has 0 saturated carbocycles. The molecule has 0 aromatic heterocycles. The normalized spacial score (nSPS) is 5.33. The number of allylic oxidation sites excluding steroid dienone is 1. The quantitative estimate of drug-likeness (QED) is 0.259. The van der Waals surface area contributed by atoms with Crippen molar-refractivity contribution in [1.29, 1.82) is 0 Å². The van der Waals surface area contributed by atoms with E-state index >= 15 is 0 Å². The number of hydrogen-bond acceptors (Lipinski definition) is 1. The molecule has 0 aliphatic heterocycles. The minimum absolute atomic E-state index is 0. The zero-order chi connectivity index (χ0) is 4.12. The number of carbonyl (C=O) groups is 1. The molecule has 0 spiro atoms. The molecule has 0 aliphatic rings. The predicted molar refractivity (Wildman–Crippen MR) is 32.9 cm³/mol. The monoisotopic (exact) mass is 86.1 g/mol. The van der Waals surface area contributed by atoms with Gasteiger partial charge in [0.25, 0.3) is 0 Å². The van der Waals surface area contributed by atoms with E-state index < -0.39 is 0 Å². The molecule has 36 valence electrons. The number of rotatable bonds is 2.